The lowest BCUT2D eigenvalue weighted by Crippen LogP contribution is -2.52. The van der Waals surface area contributed by atoms with Gasteiger partial charge in [0.1, 0.15) is 5.60 Å². The van der Waals surface area contributed by atoms with E-state index in [1.165, 1.54) is 12.0 Å². The molecule has 0 bridgehead atoms. The Bertz CT molecular complexity index is 956. The number of aliphatic hydroxyl groups is 1. The highest BCUT2D eigenvalue weighted by molar-refractivity contribution is 5.98. The van der Waals surface area contributed by atoms with Crippen LogP contribution in [-0.2, 0) is 20.7 Å². The van der Waals surface area contributed by atoms with Gasteiger partial charge in [0.2, 0.25) is 11.8 Å². The van der Waals surface area contributed by atoms with Crippen molar-refractivity contribution in [1.82, 2.24) is 16.0 Å². The maximum Gasteiger partial charge on any atom is 0.407 e. The largest absolute Gasteiger partial charge is 0.444 e. The molecule has 0 spiro atoms. The Labute approximate surface area is 254 Å². The second-order valence-corrected chi connectivity index (χ2v) is 13.6. The number of carbonyl (C=O) groups excluding carboxylic acids is 3. The number of alkyl carbamates (subject to hydrolysis) is 1. The van der Waals surface area contributed by atoms with Crippen molar-refractivity contribution in [3.63, 3.8) is 0 Å². The summed E-state index contributed by atoms with van der Waals surface area (Å²) in [6.07, 6.45) is 6.46. The van der Waals surface area contributed by atoms with Crippen molar-refractivity contribution in [1.29, 1.82) is 0 Å². The molecule has 1 fully saturated rings. The zero-order valence-electron chi connectivity index (χ0n) is 27.1. The Morgan fingerprint density at radius 1 is 1.00 bits per heavy atom. The first kappa shape index (κ1) is 35.7. The number of carbonyl (C=O) groups is 3. The fraction of sp³-hybridized carbons (Fsp3) is 0.735. The average Bonchev–Trinajstić information content (AvgIpc) is 2.93. The normalized spacial score (nSPS) is 18.0. The molecule has 0 heterocycles. The SMILES string of the molecule is CC[C@H](C)[C@H](NCCc1ccccc1)C(=O)NC(=O)[C@@H](C[C@H](O)[C@H](CC1CCCCC1)NC(=O)OC(C)(C)C)C(C)C. The predicted octanol–water partition coefficient (Wildman–Crippen LogP) is 5.76. The summed E-state index contributed by atoms with van der Waals surface area (Å²) in [7, 11) is 0. The minimum absolute atomic E-state index is 0.0366. The highest BCUT2D eigenvalue weighted by Crippen LogP contribution is 2.30. The van der Waals surface area contributed by atoms with Crippen LogP contribution in [0.5, 0.6) is 0 Å². The molecule has 0 unspecified atom stereocenters. The molecular formula is C34H57N3O5. The Hall–Kier alpha value is -2.45. The third-order valence-electron chi connectivity index (χ3n) is 8.48. The fourth-order valence-electron chi connectivity index (χ4n) is 5.76. The van der Waals surface area contributed by atoms with Crippen LogP contribution in [0.4, 0.5) is 4.79 Å². The summed E-state index contributed by atoms with van der Waals surface area (Å²) in [6, 6.07) is 9.04. The van der Waals surface area contributed by atoms with Crippen LogP contribution >= 0.6 is 0 Å². The number of hydrogen-bond acceptors (Lipinski definition) is 6. The molecule has 8 nitrogen and oxygen atoms in total. The summed E-state index contributed by atoms with van der Waals surface area (Å²) in [5, 5.41) is 20.3. The number of hydrogen-bond donors (Lipinski definition) is 4. The summed E-state index contributed by atoms with van der Waals surface area (Å²) >= 11 is 0. The third-order valence-corrected chi connectivity index (χ3v) is 8.48. The number of amides is 3. The fourth-order valence-corrected chi connectivity index (χ4v) is 5.76. The Morgan fingerprint density at radius 2 is 1.64 bits per heavy atom. The lowest BCUT2D eigenvalue weighted by molar-refractivity contribution is -0.136. The average molecular weight is 588 g/mol. The summed E-state index contributed by atoms with van der Waals surface area (Å²) in [4.78, 5) is 39.5. The van der Waals surface area contributed by atoms with Crippen LogP contribution in [0.15, 0.2) is 30.3 Å². The Morgan fingerprint density at radius 3 is 2.21 bits per heavy atom. The first-order valence-corrected chi connectivity index (χ1v) is 16.1. The van der Waals surface area contributed by atoms with Crippen molar-refractivity contribution in [3.05, 3.63) is 35.9 Å². The zero-order valence-corrected chi connectivity index (χ0v) is 27.1. The van der Waals surface area contributed by atoms with Gasteiger partial charge in [0, 0.05) is 5.92 Å². The van der Waals surface area contributed by atoms with Crippen molar-refractivity contribution in [3.8, 4) is 0 Å². The molecule has 0 radical (unpaired) electrons. The molecule has 0 saturated heterocycles. The lowest BCUT2D eigenvalue weighted by atomic mass is 9.81. The molecule has 1 aliphatic carbocycles. The first-order chi connectivity index (χ1) is 19.8. The number of rotatable bonds is 15. The lowest BCUT2D eigenvalue weighted by Gasteiger charge is -2.33. The van der Waals surface area contributed by atoms with Crippen LogP contribution in [0.2, 0.25) is 0 Å². The van der Waals surface area contributed by atoms with Crippen LogP contribution in [-0.4, -0.2) is 53.3 Å². The van der Waals surface area contributed by atoms with Crippen LogP contribution in [0.1, 0.15) is 105 Å². The van der Waals surface area contributed by atoms with Crippen molar-refractivity contribution in [2.24, 2.45) is 23.7 Å². The van der Waals surface area contributed by atoms with E-state index in [9.17, 15) is 19.5 Å². The molecule has 3 amide bonds. The molecule has 8 heteroatoms. The molecule has 1 saturated carbocycles. The second kappa shape index (κ2) is 17.6. The summed E-state index contributed by atoms with van der Waals surface area (Å²) < 4.78 is 5.49. The summed E-state index contributed by atoms with van der Waals surface area (Å²) in [5.74, 6) is -0.999. The van der Waals surface area contributed by atoms with E-state index >= 15 is 0 Å². The topological polar surface area (TPSA) is 117 Å². The van der Waals surface area contributed by atoms with Gasteiger partial charge in [0.05, 0.1) is 18.2 Å². The molecule has 0 aliphatic heterocycles. The minimum atomic E-state index is -0.956. The summed E-state index contributed by atoms with van der Waals surface area (Å²) in [5.41, 5.74) is 0.521. The molecule has 238 valence electrons. The maximum absolute atomic E-state index is 13.5. The van der Waals surface area contributed by atoms with Crippen molar-refractivity contribution in [2.75, 3.05) is 6.54 Å². The van der Waals surface area contributed by atoms with E-state index in [0.717, 1.165) is 38.5 Å². The van der Waals surface area contributed by atoms with Gasteiger partial charge in [-0.2, -0.15) is 0 Å². The van der Waals surface area contributed by atoms with Gasteiger partial charge >= 0.3 is 6.09 Å². The van der Waals surface area contributed by atoms with Gasteiger partial charge < -0.3 is 20.5 Å². The van der Waals surface area contributed by atoms with E-state index in [-0.39, 0.29) is 30.1 Å². The zero-order chi connectivity index (χ0) is 31.3. The number of benzene rings is 1. The van der Waals surface area contributed by atoms with Crippen molar-refractivity contribution in [2.45, 2.75) is 130 Å². The molecule has 5 atom stereocenters. The molecule has 42 heavy (non-hydrogen) atoms. The van der Waals surface area contributed by atoms with Crippen molar-refractivity contribution < 1.29 is 24.2 Å². The van der Waals surface area contributed by atoms with E-state index in [4.69, 9.17) is 4.74 Å². The van der Waals surface area contributed by atoms with E-state index in [1.807, 2.05) is 45.9 Å². The second-order valence-electron chi connectivity index (χ2n) is 13.6. The number of nitrogens with one attached hydrogen (secondary N) is 3. The van der Waals surface area contributed by atoms with Crippen LogP contribution < -0.4 is 16.0 Å². The summed E-state index contributed by atoms with van der Waals surface area (Å²) in [6.45, 7) is 13.9. The van der Waals surface area contributed by atoms with Gasteiger partial charge in [-0.1, -0.05) is 96.6 Å². The van der Waals surface area contributed by atoms with Crippen LogP contribution in [0, 0.1) is 23.7 Å². The van der Waals surface area contributed by atoms with Gasteiger partial charge in [0.25, 0.3) is 0 Å². The standard InChI is InChI=1S/C34H57N3O5/c1-8-24(4)30(35-20-19-25-15-11-9-12-16-25)32(40)37-31(39)27(23(2)3)22-29(38)28(21-26-17-13-10-14-18-26)36-33(41)42-34(5,6)7/h9,11-12,15-16,23-24,26-30,35,38H,8,10,13-14,17-22H2,1-7H3,(H,36,41)(H,37,39,40)/t24-,27-,28-,29-,30-/m0/s1. The third kappa shape index (κ3) is 12.8. The van der Waals surface area contributed by atoms with Gasteiger partial charge in [-0.05, 0) is 69.9 Å². The maximum atomic E-state index is 13.5. The van der Waals surface area contributed by atoms with Gasteiger partial charge in [0.15, 0.2) is 0 Å². The van der Waals surface area contributed by atoms with E-state index in [2.05, 4.69) is 28.1 Å². The molecule has 0 aromatic heterocycles. The Balaban J connectivity index is 2.08. The van der Waals surface area contributed by atoms with E-state index < -0.39 is 35.8 Å². The quantitative estimate of drug-likeness (QED) is 0.207. The number of ether oxygens (including phenoxy) is 1. The van der Waals surface area contributed by atoms with Gasteiger partial charge in [-0.3, -0.25) is 14.9 Å². The van der Waals surface area contributed by atoms with Gasteiger partial charge in [-0.15, -0.1) is 0 Å². The van der Waals surface area contributed by atoms with Crippen molar-refractivity contribution >= 4 is 17.9 Å². The highest BCUT2D eigenvalue weighted by atomic mass is 16.6. The molecule has 1 aromatic carbocycles. The number of aliphatic hydroxyl groups excluding tert-OH is 1. The molecule has 1 aromatic rings. The van der Waals surface area contributed by atoms with E-state index in [1.54, 1.807) is 20.8 Å². The van der Waals surface area contributed by atoms with Gasteiger partial charge in [-0.25, -0.2) is 4.79 Å². The molecule has 1 aliphatic rings. The molecule has 4 N–H and O–H groups in total. The predicted molar refractivity (Wildman–Crippen MR) is 168 cm³/mol. The van der Waals surface area contributed by atoms with E-state index in [0.29, 0.717) is 18.9 Å². The smallest absolute Gasteiger partial charge is 0.407 e. The monoisotopic (exact) mass is 587 g/mol. The molecule has 2 rings (SSSR count). The number of imide groups is 1. The minimum Gasteiger partial charge on any atom is -0.444 e. The van der Waals surface area contributed by atoms with Crippen LogP contribution in [0.25, 0.3) is 0 Å². The Kier molecular flexibility index (Phi) is 15.0. The first-order valence-electron chi connectivity index (χ1n) is 16.1. The molecular weight excluding hydrogens is 530 g/mol. The van der Waals surface area contributed by atoms with Crippen LogP contribution in [0.3, 0.4) is 0 Å². The highest BCUT2D eigenvalue weighted by Gasteiger charge is 2.34.